The number of hydrogen-bond donors (Lipinski definition) is 2. The number of para-hydroxylation sites is 1. The van der Waals surface area contributed by atoms with Crippen molar-refractivity contribution in [2.45, 2.75) is 4.90 Å². The van der Waals surface area contributed by atoms with Gasteiger partial charge in [-0.3, -0.25) is 20.2 Å². The SMILES string of the molecule is O=[N+]([O-])c1cc(Cl)ccc1NCCNS(=O)(=O)c1ccccc1[N+](=O)[O-]. The van der Waals surface area contributed by atoms with Crippen LogP contribution in [-0.2, 0) is 10.0 Å². The summed E-state index contributed by atoms with van der Waals surface area (Å²) in [6, 6.07) is 8.96. The molecule has 0 saturated heterocycles. The van der Waals surface area contributed by atoms with E-state index in [9.17, 15) is 28.6 Å². The van der Waals surface area contributed by atoms with Crippen LogP contribution in [-0.4, -0.2) is 31.4 Å². The number of benzene rings is 2. The minimum absolute atomic E-state index is 0.0162. The molecule has 2 N–H and O–H groups in total. The molecule has 0 spiro atoms. The van der Waals surface area contributed by atoms with Gasteiger partial charge >= 0.3 is 0 Å². The second-order valence-corrected chi connectivity index (χ2v) is 7.14. The molecule has 0 aliphatic rings. The zero-order valence-electron chi connectivity index (χ0n) is 13.1. The van der Waals surface area contributed by atoms with Gasteiger partial charge in [-0.2, -0.15) is 0 Å². The number of nitrogens with zero attached hydrogens (tertiary/aromatic N) is 2. The van der Waals surface area contributed by atoms with Crippen LogP contribution in [0.25, 0.3) is 0 Å². The van der Waals surface area contributed by atoms with Crippen LogP contribution in [0.1, 0.15) is 0 Å². The maximum absolute atomic E-state index is 12.2. The lowest BCUT2D eigenvalue weighted by molar-refractivity contribution is -0.387. The topological polar surface area (TPSA) is 144 Å². The fourth-order valence-corrected chi connectivity index (χ4v) is 3.47. The lowest BCUT2D eigenvalue weighted by atomic mass is 10.2. The van der Waals surface area contributed by atoms with E-state index in [1.165, 1.54) is 30.3 Å². The largest absolute Gasteiger partial charge is 0.378 e. The number of halogens is 1. The van der Waals surface area contributed by atoms with E-state index < -0.39 is 30.5 Å². The van der Waals surface area contributed by atoms with Crippen molar-refractivity contribution in [2.24, 2.45) is 0 Å². The molecule has 138 valence electrons. The molecular formula is C14H13ClN4O6S. The molecule has 0 bridgehead atoms. The molecule has 0 radical (unpaired) electrons. The summed E-state index contributed by atoms with van der Waals surface area (Å²) in [7, 11) is -4.11. The number of rotatable bonds is 8. The highest BCUT2D eigenvalue weighted by Gasteiger charge is 2.24. The van der Waals surface area contributed by atoms with Crippen molar-refractivity contribution in [1.82, 2.24) is 4.72 Å². The molecule has 0 aliphatic heterocycles. The summed E-state index contributed by atoms with van der Waals surface area (Å²) in [4.78, 5) is 20.1. The summed E-state index contributed by atoms with van der Waals surface area (Å²) in [6.45, 7) is -0.128. The molecule has 2 rings (SSSR count). The molecule has 12 heteroatoms. The van der Waals surface area contributed by atoms with Gasteiger partial charge in [0.25, 0.3) is 11.4 Å². The van der Waals surface area contributed by atoms with Gasteiger partial charge in [0, 0.05) is 30.2 Å². The lowest BCUT2D eigenvalue weighted by Gasteiger charge is -2.09. The second-order valence-electron chi connectivity index (χ2n) is 4.97. The highest BCUT2D eigenvalue weighted by Crippen LogP contribution is 2.27. The summed E-state index contributed by atoms with van der Waals surface area (Å²) < 4.78 is 26.6. The first-order chi connectivity index (χ1) is 12.2. The monoisotopic (exact) mass is 400 g/mol. The Hall–Kier alpha value is -2.76. The Kier molecular flexibility index (Phi) is 6.08. The van der Waals surface area contributed by atoms with E-state index in [-0.39, 0.29) is 29.5 Å². The van der Waals surface area contributed by atoms with E-state index in [2.05, 4.69) is 10.0 Å². The fraction of sp³-hybridized carbons (Fsp3) is 0.143. The van der Waals surface area contributed by atoms with Crippen molar-refractivity contribution in [3.8, 4) is 0 Å². The molecule has 0 aromatic heterocycles. The predicted molar refractivity (Wildman–Crippen MR) is 94.9 cm³/mol. The molecule has 26 heavy (non-hydrogen) atoms. The van der Waals surface area contributed by atoms with E-state index >= 15 is 0 Å². The number of nitrogens with one attached hydrogen (secondary N) is 2. The Morgan fingerprint density at radius 2 is 1.62 bits per heavy atom. The van der Waals surface area contributed by atoms with E-state index in [0.717, 1.165) is 12.1 Å². The summed E-state index contributed by atoms with van der Waals surface area (Å²) >= 11 is 5.71. The summed E-state index contributed by atoms with van der Waals surface area (Å²) in [5.41, 5.74) is -0.621. The van der Waals surface area contributed by atoms with Gasteiger partial charge in [-0.05, 0) is 18.2 Å². The number of anilines is 1. The number of hydrogen-bond acceptors (Lipinski definition) is 7. The van der Waals surface area contributed by atoms with Gasteiger partial charge in [0.05, 0.1) is 9.85 Å². The van der Waals surface area contributed by atoms with Crippen molar-refractivity contribution in [2.75, 3.05) is 18.4 Å². The molecule has 0 heterocycles. The Morgan fingerprint density at radius 3 is 2.27 bits per heavy atom. The lowest BCUT2D eigenvalue weighted by Crippen LogP contribution is -2.29. The van der Waals surface area contributed by atoms with Crippen LogP contribution in [0.15, 0.2) is 47.4 Å². The third-order valence-electron chi connectivity index (χ3n) is 3.24. The molecule has 0 aliphatic carbocycles. The average molecular weight is 401 g/mol. The summed E-state index contributed by atoms with van der Waals surface area (Å²) in [5.74, 6) is 0. The van der Waals surface area contributed by atoms with Crippen LogP contribution in [0.4, 0.5) is 17.1 Å². The van der Waals surface area contributed by atoms with Gasteiger partial charge in [0.1, 0.15) is 5.69 Å². The van der Waals surface area contributed by atoms with Gasteiger partial charge in [0.15, 0.2) is 4.90 Å². The minimum atomic E-state index is -4.11. The molecular weight excluding hydrogens is 388 g/mol. The van der Waals surface area contributed by atoms with Crippen molar-refractivity contribution in [1.29, 1.82) is 0 Å². The van der Waals surface area contributed by atoms with Gasteiger partial charge in [-0.15, -0.1) is 0 Å². The van der Waals surface area contributed by atoms with Gasteiger partial charge in [-0.1, -0.05) is 23.7 Å². The number of nitro groups is 2. The molecule has 0 fully saturated rings. The Labute approximate surface area is 153 Å². The van der Waals surface area contributed by atoms with Crippen LogP contribution >= 0.6 is 11.6 Å². The van der Waals surface area contributed by atoms with Crippen molar-refractivity contribution >= 4 is 38.7 Å². The quantitative estimate of drug-likeness (QED) is 0.393. The third kappa shape index (κ3) is 4.65. The first-order valence-corrected chi connectivity index (χ1v) is 8.99. The highest BCUT2D eigenvalue weighted by molar-refractivity contribution is 7.89. The van der Waals surface area contributed by atoms with E-state index in [4.69, 9.17) is 11.6 Å². The highest BCUT2D eigenvalue weighted by atomic mass is 35.5. The van der Waals surface area contributed by atoms with Crippen molar-refractivity contribution in [3.63, 3.8) is 0 Å². The molecule has 0 unspecified atom stereocenters. The molecule has 0 amide bonds. The van der Waals surface area contributed by atoms with Gasteiger partial charge in [0.2, 0.25) is 10.0 Å². The van der Waals surface area contributed by atoms with Gasteiger partial charge in [-0.25, -0.2) is 13.1 Å². The Morgan fingerprint density at radius 1 is 0.962 bits per heavy atom. The maximum Gasteiger partial charge on any atom is 0.293 e. The third-order valence-corrected chi connectivity index (χ3v) is 4.98. The average Bonchev–Trinajstić information content (AvgIpc) is 2.59. The standard InChI is InChI=1S/C14H13ClN4O6S/c15-10-5-6-11(13(9-10)19(22)23)16-7-8-17-26(24,25)14-4-2-1-3-12(14)18(20)21/h1-6,9,16-17H,7-8H2. The van der Waals surface area contributed by atoms with E-state index in [1.54, 1.807) is 0 Å². The minimum Gasteiger partial charge on any atom is -0.378 e. The van der Waals surface area contributed by atoms with E-state index in [1.807, 2.05) is 0 Å². The maximum atomic E-state index is 12.2. The zero-order valence-corrected chi connectivity index (χ0v) is 14.7. The Bertz CT molecular complexity index is 950. The summed E-state index contributed by atoms with van der Waals surface area (Å²) in [5, 5.41) is 24.8. The van der Waals surface area contributed by atoms with Crippen LogP contribution in [0.3, 0.4) is 0 Å². The van der Waals surface area contributed by atoms with Crippen LogP contribution in [0, 0.1) is 20.2 Å². The van der Waals surface area contributed by atoms with Crippen molar-refractivity contribution < 1.29 is 18.3 Å². The van der Waals surface area contributed by atoms with E-state index in [0.29, 0.717) is 0 Å². The smallest absolute Gasteiger partial charge is 0.293 e. The summed E-state index contributed by atoms with van der Waals surface area (Å²) in [6.07, 6.45) is 0. The number of nitro benzene ring substituents is 2. The predicted octanol–water partition coefficient (Wildman–Crippen LogP) is 2.55. The van der Waals surface area contributed by atoms with Crippen molar-refractivity contribution in [3.05, 3.63) is 67.7 Å². The van der Waals surface area contributed by atoms with Crippen LogP contribution in [0.5, 0.6) is 0 Å². The zero-order chi connectivity index (χ0) is 19.3. The fourth-order valence-electron chi connectivity index (χ4n) is 2.10. The first kappa shape index (κ1) is 19.6. The normalized spacial score (nSPS) is 11.1. The molecule has 0 saturated carbocycles. The van der Waals surface area contributed by atoms with Crippen LogP contribution in [0.2, 0.25) is 5.02 Å². The molecule has 2 aromatic carbocycles. The van der Waals surface area contributed by atoms with Crippen LogP contribution < -0.4 is 10.0 Å². The number of sulfonamides is 1. The molecule has 10 nitrogen and oxygen atoms in total. The van der Waals surface area contributed by atoms with Gasteiger partial charge < -0.3 is 5.32 Å². The molecule has 0 atom stereocenters. The Balaban J connectivity index is 2.05. The first-order valence-electron chi connectivity index (χ1n) is 7.13. The second kappa shape index (κ2) is 8.08. The molecule has 2 aromatic rings.